The molecular formula is C24H22FN3O2. The highest BCUT2D eigenvalue weighted by atomic mass is 19.1. The summed E-state index contributed by atoms with van der Waals surface area (Å²) in [7, 11) is 1.56. The molecule has 2 heterocycles. The predicted molar refractivity (Wildman–Crippen MR) is 115 cm³/mol. The van der Waals surface area contributed by atoms with Gasteiger partial charge in [-0.3, -0.25) is 4.79 Å². The number of para-hydroxylation sites is 2. The lowest BCUT2D eigenvalue weighted by molar-refractivity contribution is -0.115. The van der Waals surface area contributed by atoms with E-state index in [9.17, 15) is 9.18 Å². The number of imidazole rings is 1. The van der Waals surface area contributed by atoms with Crippen molar-refractivity contribution in [1.82, 2.24) is 9.38 Å². The first kappa shape index (κ1) is 19.6. The van der Waals surface area contributed by atoms with Gasteiger partial charge in [0.15, 0.2) is 0 Å². The zero-order valence-electron chi connectivity index (χ0n) is 17.1. The molecule has 30 heavy (non-hydrogen) atoms. The molecule has 0 aliphatic carbocycles. The molecule has 0 aliphatic heterocycles. The average molecular weight is 403 g/mol. The largest absolute Gasteiger partial charge is 0.495 e. The van der Waals surface area contributed by atoms with Crippen molar-refractivity contribution in [2.45, 2.75) is 20.3 Å². The Morgan fingerprint density at radius 2 is 1.93 bits per heavy atom. The van der Waals surface area contributed by atoms with Gasteiger partial charge < -0.3 is 14.5 Å². The summed E-state index contributed by atoms with van der Waals surface area (Å²) in [5, 5.41) is 2.91. The first-order chi connectivity index (χ1) is 14.5. The zero-order valence-corrected chi connectivity index (χ0v) is 17.1. The molecule has 0 atom stereocenters. The molecule has 0 bridgehead atoms. The highest BCUT2D eigenvalue weighted by Crippen LogP contribution is 2.28. The van der Waals surface area contributed by atoms with Crippen molar-refractivity contribution in [3.8, 4) is 17.0 Å². The number of benzene rings is 2. The number of ether oxygens (including phenoxy) is 1. The van der Waals surface area contributed by atoms with Crippen LogP contribution in [-0.4, -0.2) is 22.4 Å². The van der Waals surface area contributed by atoms with E-state index in [1.54, 1.807) is 38.3 Å². The molecule has 0 radical (unpaired) electrons. The Hall–Kier alpha value is -3.67. The second kappa shape index (κ2) is 7.99. The number of fused-ring (bicyclic) bond motifs is 1. The van der Waals surface area contributed by atoms with Crippen LogP contribution in [-0.2, 0) is 11.2 Å². The minimum Gasteiger partial charge on any atom is -0.495 e. The zero-order chi connectivity index (χ0) is 21.3. The van der Waals surface area contributed by atoms with Crippen LogP contribution in [0.25, 0.3) is 16.9 Å². The second-order valence-electron chi connectivity index (χ2n) is 7.23. The van der Waals surface area contributed by atoms with Gasteiger partial charge in [0.2, 0.25) is 5.91 Å². The lowest BCUT2D eigenvalue weighted by Gasteiger charge is -2.11. The van der Waals surface area contributed by atoms with E-state index in [1.165, 1.54) is 6.07 Å². The van der Waals surface area contributed by atoms with Gasteiger partial charge in [-0.25, -0.2) is 9.37 Å². The third kappa shape index (κ3) is 3.76. The molecular weight excluding hydrogens is 381 g/mol. The molecule has 0 aliphatic rings. The van der Waals surface area contributed by atoms with Crippen LogP contribution < -0.4 is 10.1 Å². The van der Waals surface area contributed by atoms with E-state index < -0.39 is 0 Å². The fourth-order valence-corrected chi connectivity index (χ4v) is 3.49. The number of hydrogen-bond donors (Lipinski definition) is 1. The molecule has 0 spiro atoms. The van der Waals surface area contributed by atoms with Crippen molar-refractivity contribution in [2.24, 2.45) is 0 Å². The Kier molecular flexibility index (Phi) is 5.23. The Morgan fingerprint density at radius 1 is 1.13 bits per heavy atom. The summed E-state index contributed by atoms with van der Waals surface area (Å²) in [5.41, 5.74) is 5.10. The van der Waals surface area contributed by atoms with E-state index in [0.717, 1.165) is 22.5 Å². The first-order valence-corrected chi connectivity index (χ1v) is 9.63. The van der Waals surface area contributed by atoms with Gasteiger partial charge in [0, 0.05) is 11.8 Å². The van der Waals surface area contributed by atoms with E-state index in [4.69, 9.17) is 9.72 Å². The molecule has 1 amide bonds. The van der Waals surface area contributed by atoms with E-state index in [2.05, 4.69) is 5.32 Å². The molecule has 0 unspecified atom stereocenters. The number of carbonyl (C=O) groups excluding carboxylic acids is 1. The molecule has 152 valence electrons. The standard InChI is InChI=1S/C24H22FN3O2/c1-15-8-11-22-27-24(17-9-10-18(25)16(2)12-17)20(28(22)14-15)13-23(29)26-19-6-4-5-7-21(19)30-3/h4-12,14H,13H2,1-3H3,(H,26,29). The fourth-order valence-electron chi connectivity index (χ4n) is 3.49. The number of carbonyl (C=O) groups is 1. The lowest BCUT2D eigenvalue weighted by Crippen LogP contribution is -2.16. The summed E-state index contributed by atoms with van der Waals surface area (Å²) in [5.74, 6) is 0.130. The number of methoxy groups -OCH3 is 1. The van der Waals surface area contributed by atoms with Gasteiger partial charge in [0.1, 0.15) is 17.2 Å². The second-order valence-corrected chi connectivity index (χ2v) is 7.23. The number of pyridine rings is 1. The Bertz CT molecular complexity index is 1250. The molecule has 4 aromatic rings. The van der Waals surface area contributed by atoms with Gasteiger partial charge in [0.05, 0.1) is 30.6 Å². The maximum absolute atomic E-state index is 13.8. The van der Waals surface area contributed by atoms with Crippen LogP contribution in [0.2, 0.25) is 0 Å². The van der Waals surface area contributed by atoms with Crippen LogP contribution in [0.3, 0.4) is 0 Å². The number of nitrogens with one attached hydrogen (secondary N) is 1. The van der Waals surface area contributed by atoms with Crippen LogP contribution >= 0.6 is 0 Å². The number of aryl methyl sites for hydroxylation is 2. The molecule has 5 nitrogen and oxygen atoms in total. The van der Waals surface area contributed by atoms with Crippen molar-refractivity contribution in [2.75, 3.05) is 12.4 Å². The number of halogens is 1. The summed E-state index contributed by atoms with van der Waals surface area (Å²) in [4.78, 5) is 17.6. The lowest BCUT2D eigenvalue weighted by atomic mass is 10.1. The number of anilines is 1. The summed E-state index contributed by atoms with van der Waals surface area (Å²) < 4.78 is 21.0. The third-order valence-corrected chi connectivity index (χ3v) is 5.01. The van der Waals surface area contributed by atoms with Gasteiger partial charge in [-0.15, -0.1) is 0 Å². The van der Waals surface area contributed by atoms with Gasteiger partial charge in [-0.2, -0.15) is 0 Å². The van der Waals surface area contributed by atoms with Crippen LogP contribution in [0.4, 0.5) is 10.1 Å². The number of hydrogen-bond acceptors (Lipinski definition) is 3. The molecule has 0 saturated carbocycles. The maximum atomic E-state index is 13.8. The number of nitrogens with zero attached hydrogens (tertiary/aromatic N) is 2. The van der Waals surface area contributed by atoms with Gasteiger partial charge in [-0.1, -0.05) is 18.2 Å². The van der Waals surface area contributed by atoms with E-state index in [-0.39, 0.29) is 18.1 Å². The SMILES string of the molecule is COc1ccccc1NC(=O)Cc1c(-c2ccc(F)c(C)c2)nc2ccc(C)cn12. The quantitative estimate of drug-likeness (QED) is 0.513. The van der Waals surface area contributed by atoms with Crippen molar-refractivity contribution < 1.29 is 13.9 Å². The van der Waals surface area contributed by atoms with E-state index in [0.29, 0.717) is 22.7 Å². The highest BCUT2D eigenvalue weighted by molar-refractivity contribution is 5.94. The van der Waals surface area contributed by atoms with E-state index in [1.807, 2.05) is 41.8 Å². The monoisotopic (exact) mass is 403 g/mol. The molecule has 2 aromatic carbocycles. The third-order valence-electron chi connectivity index (χ3n) is 5.01. The minimum absolute atomic E-state index is 0.106. The highest BCUT2D eigenvalue weighted by Gasteiger charge is 2.18. The summed E-state index contributed by atoms with van der Waals surface area (Å²) >= 11 is 0. The van der Waals surface area contributed by atoms with Crippen LogP contribution in [0.15, 0.2) is 60.8 Å². The van der Waals surface area contributed by atoms with Gasteiger partial charge >= 0.3 is 0 Å². The maximum Gasteiger partial charge on any atom is 0.230 e. The molecule has 0 saturated heterocycles. The number of rotatable bonds is 5. The van der Waals surface area contributed by atoms with Crippen LogP contribution in [0, 0.1) is 19.7 Å². The van der Waals surface area contributed by atoms with Gasteiger partial charge in [0.25, 0.3) is 0 Å². The average Bonchev–Trinajstić information content (AvgIpc) is 3.08. The molecule has 1 N–H and O–H groups in total. The number of aromatic nitrogens is 2. The minimum atomic E-state index is -0.270. The van der Waals surface area contributed by atoms with Gasteiger partial charge in [-0.05, 0) is 61.4 Å². The Morgan fingerprint density at radius 3 is 2.70 bits per heavy atom. The summed E-state index contributed by atoms with van der Waals surface area (Å²) in [6.07, 6.45) is 2.06. The summed E-state index contributed by atoms with van der Waals surface area (Å²) in [6, 6.07) is 16.0. The topological polar surface area (TPSA) is 55.6 Å². The summed E-state index contributed by atoms with van der Waals surface area (Å²) in [6.45, 7) is 3.70. The van der Waals surface area contributed by atoms with Crippen molar-refractivity contribution in [3.63, 3.8) is 0 Å². The normalized spacial score (nSPS) is 10.9. The molecule has 4 rings (SSSR count). The number of amides is 1. The predicted octanol–water partition coefficient (Wildman–Crippen LogP) is 4.95. The Labute approximate surface area is 174 Å². The molecule has 0 fully saturated rings. The Balaban J connectivity index is 1.75. The molecule has 2 aromatic heterocycles. The first-order valence-electron chi connectivity index (χ1n) is 9.63. The van der Waals surface area contributed by atoms with Crippen LogP contribution in [0.1, 0.15) is 16.8 Å². The fraction of sp³-hybridized carbons (Fsp3) is 0.167. The van der Waals surface area contributed by atoms with E-state index >= 15 is 0 Å². The van der Waals surface area contributed by atoms with Crippen LogP contribution in [0.5, 0.6) is 5.75 Å². The van der Waals surface area contributed by atoms with Crippen molar-refractivity contribution in [1.29, 1.82) is 0 Å². The smallest absolute Gasteiger partial charge is 0.230 e. The van der Waals surface area contributed by atoms with Crippen molar-refractivity contribution >= 4 is 17.2 Å². The van der Waals surface area contributed by atoms with Crippen molar-refractivity contribution in [3.05, 3.63) is 83.4 Å². The molecule has 6 heteroatoms.